The minimum atomic E-state index is -0.335. The molecule has 1 aromatic rings. The standard InChI is InChI=1S/C16H21FN2O2/c17-13-7-3-1-5-11(13)10-21-16(20)9-15-12-6-2-4-8-14(12)18-19-15/h1,3,5,7,12,14-15,18-19H,2,4,6,8-10H2. The van der Waals surface area contributed by atoms with E-state index in [9.17, 15) is 9.18 Å². The van der Waals surface area contributed by atoms with Crippen LogP contribution in [0, 0.1) is 11.7 Å². The van der Waals surface area contributed by atoms with Crippen molar-refractivity contribution in [3.8, 4) is 0 Å². The topological polar surface area (TPSA) is 50.4 Å². The third-order valence-corrected chi connectivity index (χ3v) is 4.52. The molecule has 0 spiro atoms. The molecule has 0 bridgehead atoms. The molecule has 5 heteroatoms. The number of carbonyl (C=O) groups is 1. The average Bonchev–Trinajstić information content (AvgIpc) is 2.90. The molecule has 0 radical (unpaired) electrons. The van der Waals surface area contributed by atoms with Gasteiger partial charge in [-0.2, -0.15) is 0 Å². The van der Waals surface area contributed by atoms with Crippen molar-refractivity contribution in [2.24, 2.45) is 5.92 Å². The van der Waals surface area contributed by atoms with Gasteiger partial charge in [-0.25, -0.2) is 4.39 Å². The fourth-order valence-corrected chi connectivity index (χ4v) is 3.36. The predicted molar refractivity (Wildman–Crippen MR) is 76.6 cm³/mol. The highest BCUT2D eigenvalue weighted by Gasteiger charge is 2.38. The minimum absolute atomic E-state index is 0.000248. The summed E-state index contributed by atoms with van der Waals surface area (Å²) in [5.74, 6) is -0.109. The first-order valence-corrected chi connectivity index (χ1v) is 7.64. The van der Waals surface area contributed by atoms with E-state index in [2.05, 4.69) is 10.9 Å². The monoisotopic (exact) mass is 292 g/mol. The summed E-state index contributed by atoms with van der Waals surface area (Å²) in [6.07, 6.45) is 5.13. The molecule has 3 atom stereocenters. The molecule has 2 fully saturated rings. The highest BCUT2D eigenvalue weighted by atomic mass is 19.1. The van der Waals surface area contributed by atoms with Crippen molar-refractivity contribution in [1.82, 2.24) is 10.9 Å². The van der Waals surface area contributed by atoms with Crippen LogP contribution in [0.3, 0.4) is 0 Å². The average molecular weight is 292 g/mol. The third-order valence-electron chi connectivity index (χ3n) is 4.52. The molecule has 1 saturated carbocycles. The van der Waals surface area contributed by atoms with E-state index in [1.54, 1.807) is 18.2 Å². The Bertz CT molecular complexity index is 509. The van der Waals surface area contributed by atoms with E-state index in [0.29, 0.717) is 23.9 Å². The van der Waals surface area contributed by atoms with Crippen molar-refractivity contribution in [2.45, 2.75) is 50.8 Å². The number of fused-ring (bicyclic) bond motifs is 1. The molecule has 0 aromatic heterocycles. The summed E-state index contributed by atoms with van der Waals surface area (Å²) in [5.41, 5.74) is 6.91. The van der Waals surface area contributed by atoms with Gasteiger partial charge in [0.2, 0.25) is 0 Å². The van der Waals surface area contributed by atoms with E-state index in [0.717, 1.165) is 6.42 Å². The molecule has 1 saturated heterocycles. The summed E-state index contributed by atoms with van der Waals surface area (Å²) in [6, 6.07) is 6.97. The largest absolute Gasteiger partial charge is 0.461 e. The fourth-order valence-electron chi connectivity index (χ4n) is 3.36. The Morgan fingerprint density at radius 1 is 1.24 bits per heavy atom. The smallest absolute Gasteiger partial charge is 0.307 e. The van der Waals surface area contributed by atoms with E-state index in [4.69, 9.17) is 4.74 Å². The third kappa shape index (κ3) is 3.41. The van der Waals surface area contributed by atoms with Crippen molar-refractivity contribution in [2.75, 3.05) is 0 Å². The van der Waals surface area contributed by atoms with E-state index in [1.807, 2.05) is 0 Å². The molecule has 2 aliphatic rings. The maximum Gasteiger partial charge on any atom is 0.307 e. The van der Waals surface area contributed by atoms with Crippen LogP contribution in [0.2, 0.25) is 0 Å². The second kappa shape index (κ2) is 6.54. The van der Waals surface area contributed by atoms with Crippen LogP contribution in [-0.4, -0.2) is 18.1 Å². The van der Waals surface area contributed by atoms with Crippen LogP contribution in [0.5, 0.6) is 0 Å². The molecule has 1 heterocycles. The van der Waals surface area contributed by atoms with Crippen LogP contribution in [0.15, 0.2) is 24.3 Å². The van der Waals surface area contributed by atoms with Gasteiger partial charge >= 0.3 is 5.97 Å². The number of hydrogen-bond donors (Lipinski definition) is 2. The molecule has 0 amide bonds. The lowest BCUT2D eigenvalue weighted by Crippen LogP contribution is -2.34. The molecular weight excluding hydrogens is 271 g/mol. The van der Waals surface area contributed by atoms with Gasteiger partial charge in [0.1, 0.15) is 12.4 Å². The Labute approximate surface area is 124 Å². The van der Waals surface area contributed by atoms with E-state index in [-0.39, 0.29) is 24.4 Å². The van der Waals surface area contributed by atoms with Gasteiger partial charge in [0, 0.05) is 17.6 Å². The molecule has 3 unspecified atom stereocenters. The Morgan fingerprint density at radius 3 is 2.90 bits per heavy atom. The lowest BCUT2D eigenvalue weighted by Gasteiger charge is -2.26. The first-order chi connectivity index (χ1) is 10.2. The van der Waals surface area contributed by atoms with Crippen LogP contribution in [0.1, 0.15) is 37.7 Å². The second-order valence-corrected chi connectivity index (χ2v) is 5.91. The van der Waals surface area contributed by atoms with Gasteiger partial charge in [-0.1, -0.05) is 31.0 Å². The highest BCUT2D eigenvalue weighted by molar-refractivity contribution is 5.70. The van der Waals surface area contributed by atoms with E-state index >= 15 is 0 Å². The fraction of sp³-hybridized carbons (Fsp3) is 0.562. The number of nitrogens with one attached hydrogen (secondary N) is 2. The van der Waals surface area contributed by atoms with Gasteiger partial charge in [-0.05, 0) is 24.8 Å². The molecule has 1 aromatic carbocycles. The Balaban J connectivity index is 1.49. The summed E-state index contributed by atoms with van der Waals surface area (Å²) in [4.78, 5) is 11.9. The zero-order valence-corrected chi connectivity index (χ0v) is 12.0. The van der Waals surface area contributed by atoms with Gasteiger partial charge in [-0.3, -0.25) is 15.6 Å². The number of hydrazine groups is 1. The zero-order valence-electron chi connectivity index (χ0n) is 12.0. The minimum Gasteiger partial charge on any atom is -0.461 e. The number of carbonyl (C=O) groups excluding carboxylic acids is 1. The highest BCUT2D eigenvalue weighted by Crippen LogP contribution is 2.31. The van der Waals surface area contributed by atoms with Crippen molar-refractivity contribution in [3.63, 3.8) is 0 Å². The van der Waals surface area contributed by atoms with Crippen LogP contribution in [0.4, 0.5) is 4.39 Å². The first-order valence-electron chi connectivity index (χ1n) is 7.64. The lowest BCUT2D eigenvalue weighted by molar-refractivity contribution is -0.145. The molecule has 4 nitrogen and oxygen atoms in total. The molecule has 2 N–H and O–H groups in total. The van der Waals surface area contributed by atoms with E-state index < -0.39 is 0 Å². The lowest BCUT2D eigenvalue weighted by atomic mass is 9.81. The second-order valence-electron chi connectivity index (χ2n) is 5.91. The van der Waals surface area contributed by atoms with E-state index in [1.165, 1.54) is 25.3 Å². The van der Waals surface area contributed by atoms with Crippen LogP contribution < -0.4 is 10.9 Å². The predicted octanol–water partition coefficient (Wildman–Crippen LogP) is 2.29. The summed E-state index contributed by atoms with van der Waals surface area (Å²) >= 11 is 0. The normalized spacial score (nSPS) is 28.1. The first kappa shape index (κ1) is 14.5. The van der Waals surface area contributed by atoms with Crippen molar-refractivity contribution in [3.05, 3.63) is 35.6 Å². The van der Waals surface area contributed by atoms with Crippen LogP contribution >= 0.6 is 0 Å². The quantitative estimate of drug-likeness (QED) is 0.836. The van der Waals surface area contributed by atoms with Gasteiger partial charge in [-0.15, -0.1) is 0 Å². The summed E-state index contributed by atoms with van der Waals surface area (Å²) in [6.45, 7) is -0.000248. The molecular formula is C16H21FN2O2. The summed E-state index contributed by atoms with van der Waals surface area (Å²) < 4.78 is 18.7. The van der Waals surface area contributed by atoms with Gasteiger partial charge in [0.05, 0.1) is 6.42 Å². The number of rotatable bonds is 4. The maximum absolute atomic E-state index is 13.5. The molecule has 21 heavy (non-hydrogen) atoms. The zero-order chi connectivity index (χ0) is 14.7. The molecule has 114 valence electrons. The van der Waals surface area contributed by atoms with Gasteiger partial charge < -0.3 is 4.74 Å². The number of halogens is 1. The Hall–Kier alpha value is -1.46. The Kier molecular flexibility index (Phi) is 4.51. The number of esters is 1. The van der Waals surface area contributed by atoms with Crippen LogP contribution in [0.25, 0.3) is 0 Å². The maximum atomic E-state index is 13.5. The van der Waals surface area contributed by atoms with Gasteiger partial charge in [0.25, 0.3) is 0 Å². The summed E-state index contributed by atoms with van der Waals surface area (Å²) in [7, 11) is 0. The van der Waals surface area contributed by atoms with Gasteiger partial charge in [0.15, 0.2) is 0 Å². The van der Waals surface area contributed by atoms with Crippen LogP contribution in [-0.2, 0) is 16.1 Å². The SMILES string of the molecule is O=C(CC1NNC2CCCCC21)OCc1ccccc1F. The number of hydrogen-bond acceptors (Lipinski definition) is 4. The summed E-state index contributed by atoms with van der Waals surface area (Å²) in [5, 5.41) is 0. The van der Waals surface area contributed by atoms with Crippen molar-refractivity contribution in [1.29, 1.82) is 0 Å². The van der Waals surface area contributed by atoms with Crippen molar-refractivity contribution >= 4 is 5.97 Å². The molecule has 1 aliphatic carbocycles. The Morgan fingerprint density at radius 2 is 2.05 bits per heavy atom. The molecule has 3 rings (SSSR count). The molecule has 1 aliphatic heterocycles. The number of ether oxygens (including phenoxy) is 1. The number of benzene rings is 1. The van der Waals surface area contributed by atoms with Crippen molar-refractivity contribution < 1.29 is 13.9 Å².